The summed E-state index contributed by atoms with van der Waals surface area (Å²) in [5, 5.41) is 11.6. The number of carbonyl (C=O) groups excluding carboxylic acids is 3. The van der Waals surface area contributed by atoms with Gasteiger partial charge in [0.2, 0.25) is 0 Å². The number of aromatic hydroxyl groups is 1. The molecule has 1 fully saturated rings. The molecule has 35 heavy (non-hydrogen) atoms. The molecule has 178 valence electrons. The third-order valence-corrected chi connectivity index (χ3v) is 5.85. The van der Waals surface area contributed by atoms with Crippen LogP contribution in [0.5, 0.6) is 17.2 Å². The first-order chi connectivity index (χ1) is 16.8. The molecule has 10 heteroatoms. The van der Waals surface area contributed by atoms with Crippen LogP contribution in [-0.4, -0.2) is 30.1 Å². The van der Waals surface area contributed by atoms with E-state index in [2.05, 4.69) is 5.32 Å². The zero-order valence-electron chi connectivity index (χ0n) is 18.2. The number of phenols is 1. The van der Waals surface area contributed by atoms with E-state index in [-0.39, 0.29) is 29.4 Å². The van der Waals surface area contributed by atoms with Crippen molar-refractivity contribution in [3.05, 3.63) is 86.8 Å². The van der Waals surface area contributed by atoms with Crippen molar-refractivity contribution in [2.75, 3.05) is 12.0 Å². The molecule has 0 spiro atoms. The van der Waals surface area contributed by atoms with Gasteiger partial charge in [-0.3, -0.25) is 14.9 Å². The first-order valence-electron chi connectivity index (χ1n) is 10.2. The van der Waals surface area contributed by atoms with E-state index in [0.717, 1.165) is 4.90 Å². The zero-order chi connectivity index (χ0) is 25.1. The minimum atomic E-state index is -0.893. The molecule has 0 aliphatic carbocycles. The van der Waals surface area contributed by atoms with Crippen LogP contribution in [0.1, 0.15) is 11.1 Å². The van der Waals surface area contributed by atoms with Crippen LogP contribution in [0.15, 0.2) is 66.2 Å². The van der Waals surface area contributed by atoms with Gasteiger partial charge in [0, 0.05) is 0 Å². The number of halogens is 2. The number of amides is 4. The molecule has 0 saturated carbocycles. The molecule has 0 radical (unpaired) electrons. The minimum Gasteiger partial charge on any atom is -0.508 e. The van der Waals surface area contributed by atoms with E-state index in [1.54, 1.807) is 24.3 Å². The third-order valence-electron chi connectivity index (χ3n) is 5.04. The van der Waals surface area contributed by atoms with Crippen molar-refractivity contribution < 1.29 is 33.4 Å². The number of barbiturate groups is 1. The Kier molecular flexibility index (Phi) is 7.01. The van der Waals surface area contributed by atoms with Crippen molar-refractivity contribution in [1.82, 2.24) is 5.32 Å². The average molecular weight is 588 g/mol. The van der Waals surface area contributed by atoms with Crippen LogP contribution in [0.4, 0.5) is 14.9 Å². The van der Waals surface area contributed by atoms with Crippen molar-refractivity contribution in [2.45, 2.75) is 6.61 Å². The fourth-order valence-corrected chi connectivity index (χ4v) is 4.19. The summed E-state index contributed by atoms with van der Waals surface area (Å²) in [5.41, 5.74) is 1.03. The molecule has 0 aromatic heterocycles. The van der Waals surface area contributed by atoms with Crippen LogP contribution >= 0.6 is 22.6 Å². The van der Waals surface area contributed by atoms with Gasteiger partial charge in [0.15, 0.2) is 11.5 Å². The maximum atomic E-state index is 13.5. The Morgan fingerprint density at radius 2 is 1.83 bits per heavy atom. The fourth-order valence-electron chi connectivity index (χ4n) is 3.41. The Hall–Kier alpha value is -3.93. The highest BCUT2D eigenvalue weighted by molar-refractivity contribution is 14.1. The largest absolute Gasteiger partial charge is 0.508 e. The van der Waals surface area contributed by atoms with Crippen LogP contribution in [-0.2, 0) is 16.2 Å². The summed E-state index contributed by atoms with van der Waals surface area (Å²) >= 11 is 2.03. The molecule has 1 saturated heterocycles. The van der Waals surface area contributed by atoms with E-state index < -0.39 is 17.8 Å². The Morgan fingerprint density at radius 3 is 2.51 bits per heavy atom. The third kappa shape index (κ3) is 5.27. The van der Waals surface area contributed by atoms with Crippen molar-refractivity contribution in [1.29, 1.82) is 0 Å². The van der Waals surface area contributed by atoms with Gasteiger partial charge >= 0.3 is 6.03 Å². The number of nitrogens with one attached hydrogen (secondary N) is 1. The lowest BCUT2D eigenvalue weighted by Crippen LogP contribution is -2.54. The van der Waals surface area contributed by atoms with Gasteiger partial charge in [0.1, 0.15) is 23.7 Å². The summed E-state index contributed by atoms with van der Waals surface area (Å²) in [7, 11) is 1.45. The van der Waals surface area contributed by atoms with Gasteiger partial charge in [-0.05, 0) is 88.3 Å². The summed E-state index contributed by atoms with van der Waals surface area (Å²) in [6, 6.07) is 13.8. The number of imide groups is 2. The van der Waals surface area contributed by atoms with E-state index in [1.807, 2.05) is 22.6 Å². The summed E-state index contributed by atoms with van der Waals surface area (Å²) < 4.78 is 25.4. The first kappa shape index (κ1) is 24.2. The molecule has 3 aromatic rings. The standard InChI is InChI=1S/C25H18FIN2O6/c1-34-21-12-15(11-20(27)22(21)35-13-14-3-2-4-16(26)9-14)10-19-23(31)28-25(33)29(24(19)32)17-5-7-18(30)8-6-17/h2-12,30H,13H2,1H3,(H,28,31,33)/b19-10+. The number of urea groups is 1. The van der Waals surface area contributed by atoms with Gasteiger partial charge in [-0.25, -0.2) is 14.1 Å². The summed E-state index contributed by atoms with van der Waals surface area (Å²) in [6.45, 7) is 0.106. The van der Waals surface area contributed by atoms with Gasteiger partial charge in [0.05, 0.1) is 16.4 Å². The number of carbonyl (C=O) groups is 3. The number of rotatable bonds is 6. The normalized spacial score (nSPS) is 14.8. The highest BCUT2D eigenvalue weighted by atomic mass is 127. The second-order valence-electron chi connectivity index (χ2n) is 7.43. The lowest BCUT2D eigenvalue weighted by atomic mass is 10.1. The lowest BCUT2D eigenvalue weighted by Gasteiger charge is -2.26. The smallest absolute Gasteiger partial charge is 0.335 e. The van der Waals surface area contributed by atoms with E-state index in [1.165, 1.54) is 49.6 Å². The monoisotopic (exact) mass is 588 g/mol. The average Bonchev–Trinajstić information content (AvgIpc) is 2.82. The van der Waals surface area contributed by atoms with E-state index >= 15 is 0 Å². The molecule has 1 heterocycles. The van der Waals surface area contributed by atoms with Crippen LogP contribution in [0.2, 0.25) is 0 Å². The first-order valence-corrected chi connectivity index (χ1v) is 11.3. The number of benzene rings is 3. The molecule has 0 unspecified atom stereocenters. The molecule has 2 N–H and O–H groups in total. The van der Waals surface area contributed by atoms with E-state index in [0.29, 0.717) is 26.2 Å². The number of ether oxygens (including phenoxy) is 2. The number of anilines is 1. The minimum absolute atomic E-state index is 0.0353. The molecule has 4 rings (SSSR count). The lowest BCUT2D eigenvalue weighted by molar-refractivity contribution is -0.122. The van der Waals surface area contributed by atoms with Crippen LogP contribution in [0.3, 0.4) is 0 Å². The topological polar surface area (TPSA) is 105 Å². The molecular formula is C25H18FIN2O6. The van der Waals surface area contributed by atoms with Gasteiger partial charge in [-0.2, -0.15) is 0 Å². The number of phenolic OH excluding ortho intramolecular Hbond substituents is 1. The molecule has 0 atom stereocenters. The van der Waals surface area contributed by atoms with Gasteiger partial charge in [-0.15, -0.1) is 0 Å². The molecule has 0 bridgehead atoms. The van der Waals surface area contributed by atoms with Crippen molar-refractivity contribution in [3.63, 3.8) is 0 Å². The predicted octanol–water partition coefficient (Wildman–Crippen LogP) is 4.39. The number of nitrogens with zero attached hydrogens (tertiary/aromatic N) is 1. The maximum absolute atomic E-state index is 13.5. The molecular weight excluding hydrogens is 570 g/mol. The van der Waals surface area contributed by atoms with E-state index in [9.17, 15) is 23.9 Å². The Bertz CT molecular complexity index is 1360. The highest BCUT2D eigenvalue weighted by Crippen LogP contribution is 2.35. The second-order valence-corrected chi connectivity index (χ2v) is 8.59. The zero-order valence-corrected chi connectivity index (χ0v) is 20.4. The van der Waals surface area contributed by atoms with Crippen molar-refractivity contribution >= 4 is 52.2 Å². The Morgan fingerprint density at radius 1 is 1.09 bits per heavy atom. The van der Waals surface area contributed by atoms with E-state index in [4.69, 9.17) is 9.47 Å². The van der Waals surface area contributed by atoms with Gasteiger partial charge in [-0.1, -0.05) is 12.1 Å². The highest BCUT2D eigenvalue weighted by Gasteiger charge is 2.36. The molecule has 4 amide bonds. The molecule has 3 aromatic carbocycles. The van der Waals surface area contributed by atoms with Gasteiger partial charge < -0.3 is 14.6 Å². The summed E-state index contributed by atoms with van der Waals surface area (Å²) in [6.07, 6.45) is 1.35. The van der Waals surface area contributed by atoms with Crippen molar-refractivity contribution in [3.8, 4) is 17.2 Å². The quantitative estimate of drug-likeness (QED) is 0.252. The van der Waals surface area contributed by atoms with Gasteiger partial charge in [0.25, 0.3) is 11.8 Å². The van der Waals surface area contributed by atoms with Crippen LogP contribution in [0, 0.1) is 9.39 Å². The molecule has 1 aliphatic rings. The maximum Gasteiger partial charge on any atom is 0.335 e. The Balaban J connectivity index is 1.64. The summed E-state index contributed by atoms with van der Waals surface area (Å²) in [4.78, 5) is 38.7. The molecule has 1 aliphatic heterocycles. The Labute approximate surface area is 213 Å². The predicted molar refractivity (Wildman–Crippen MR) is 134 cm³/mol. The fraction of sp³-hybridized carbons (Fsp3) is 0.0800. The molecule has 8 nitrogen and oxygen atoms in total. The second kappa shape index (κ2) is 10.1. The van der Waals surface area contributed by atoms with Crippen molar-refractivity contribution in [2.24, 2.45) is 0 Å². The van der Waals surface area contributed by atoms with Crippen LogP contribution in [0.25, 0.3) is 6.08 Å². The number of methoxy groups -OCH3 is 1. The number of hydrogen-bond donors (Lipinski definition) is 2. The number of hydrogen-bond acceptors (Lipinski definition) is 6. The summed E-state index contributed by atoms with van der Waals surface area (Å²) in [5.74, 6) is -1.30. The van der Waals surface area contributed by atoms with Crippen LogP contribution < -0.4 is 19.7 Å². The SMILES string of the molecule is COc1cc(/C=C2\C(=O)NC(=O)N(c3ccc(O)cc3)C2=O)cc(I)c1OCc1cccc(F)c1.